The van der Waals surface area contributed by atoms with Gasteiger partial charge in [-0.3, -0.25) is 0 Å². The Bertz CT molecular complexity index is 586. The van der Waals surface area contributed by atoms with Gasteiger partial charge in [0.1, 0.15) is 0 Å². The van der Waals surface area contributed by atoms with Crippen LogP contribution in [0.2, 0.25) is 10.0 Å². The predicted octanol–water partition coefficient (Wildman–Crippen LogP) is 5.30. The van der Waals surface area contributed by atoms with Crippen LogP contribution < -0.4 is 5.32 Å². The van der Waals surface area contributed by atoms with Crippen molar-refractivity contribution >= 4 is 39.1 Å². The topological polar surface area (TPSA) is 12.0 Å². The van der Waals surface area contributed by atoms with E-state index in [1.54, 1.807) is 0 Å². The van der Waals surface area contributed by atoms with Gasteiger partial charge in [-0.1, -0.05) is 57.3 Å². The van der Waals surface area contributed by atoms with Crippen molar-refractivity contribution in [1.29, 1.82) is 0 Å². The largest absolute Gasteiger partial charge is 0.319 e. The molecule has 0 aliphatic rings. The molecule has 1 nitrogen and oxygen atoms in total. The second-order valence-electron chi connectivity index (χ2n) is 4.72. The molecule has 2 rings (SSSR count). The van der Waals surface area contributed by atoms with Crippen LogP contribution in [0.3, 0.4) is 0 Å². The molecule has 0 saturated heterocycles. The molecule has 0 spiro atoms. The van der Waals surface area contributed by atoms with Gasteiger partial charge in [-0.2, -0.15) is 0 Å². The van der Waals surface area contributed by atoms with E-state index < -0.39 is 0 Å². The van der Waals surface area contributed by atoms with Crippen LogP contribution in [0.25, 0.3) is 0 Å². The average Bonchev–Trinajstić information content (AvgIpc) is 2.43. The second-order valence-corrected chi connectivity index (χ2v) is 6.41. The minimum atomic E-state index is 0.339. The summed E-state index contributed by atoms with van der Waals surface area (Å²) in [7, 11) is 1.96. The van der Waals surface area contributed by atoms with Crippen LogP contribution in [0.4, 0.5) is 0 Å². The Balaban J connectivity index is 2.30. The molecular formula is C16H16BrCl2N. The van der Waals surface area contributed by atoms with E-state index in [9.17, 15) is 0 Å². The van der Waals surface area contributed by atoms with Crippen molar-refractivity contribution in [1.82, 2.24) is 5.32 Å². The molecule has 0 amide bonds. The number of benzene rings is 2. The summed E-state index contributed by atoms with van der Waals surface area (Å²) in [5.41, 5.74) is 2.35. The molecule has 0 radical (unpaired) electrons. The molecule has 0 aliphatic carbocycles. The Labute approximate surface area is 138 Å². The first-order chi connectivity index (χ1) is 9.61. The normalized spacial score (nSPS) is 12.4. The molecule has 1 unspecified atom stereocenters. The van der Waals surface area contributed by atoms with Crippen molar-refractivity contribution in [3.8, 4) is 0 Å². The molecule has 1 atom stereocenters. The SMILES string of the molecule is CNCC(Cc1cc(Cl)ccc1Cl)c1ccccc1Br. The van der Waals surface area contributed by atoms with Gasteiger partial charge in [0.25, 0.3) is 0 Å². The lowest BCUT2D eigenvalue weighted by molar-refractivity contribution is 0.624. The fraction of sp³-hybridized carbons (Fsp3) is 0.250. The average molecular weight is 373 g/mol. The van der Waals surface area contributed by atoms with Gasteiger partial charge in [0.15, 0.2) is 0 Å². The number of hydrogen-bond donors (Lipinski definition) is 1. The van der Waals surface area contributed by atoms with Crippen LogP contribution in [-0.2, 0) is 6.42 Å². The van der Waals surface area contributed by atoms with E-state index >= 15 is 0 Å². The zero-order chi connectivity index (χ0) is 14.5. The minimum Gasteiger partial charge on any atom is -0.319 e. The van der Waals surface area contributed by atoms with Gasteiger partial charge in [0.2, 0.25) is 0 Å². The molecule has 0 saturated carbocycles. The van der Waals surface area contributed by atoms with Gasteiger partial charge < -0.3 is 5.32 Å². The third-order valence-corrected chi connectivity index (χ3v) is 4.60. The predicted molar refractivity (Wildman–Crippen MR) is 91.0 cm³/mol. The van der Waals surface area contributed by atoms with Crippen LogP contribution >= 0.6 is 39.1 Å². The zero-order valence-electron chi connectivity index (χ0n) is 11.2. The van der Waals surface area contributed by atoms with E-state index in [-0.39, 0.29) is 0 Å². The molecule has 0 fully saturated rings. The van der Waals surface area contributed by atoms with Gasteiger partial charge in [0, 0.05) is 27.0 Å². The van der Waals surface area contributed by atoms with Gasteiger partial charge in [0.05, 0.1) is 0 Å². The maximum absolute atomic E-state index is 6.28. The highest BCUT2D eigenvalue weighted by Gasteiger charge is 2.16. The summed E-state index contributed by atoms with van der Waals surface area (Å²) in [6, 6.07) is 13.9. The molecule has 106 valence electrons. The van der Waals surface area contributed by atoms with Gasteiger partial charge in [-0.05, 0) is 48.9 Å². The van der Waals surface area contributed by atoms with Crippen LogP contribution in [0.1, 0.15) is 17.0 Å². The van der Waals surface area contributed by atoms with E-state index in [1.807, 2.05) is 31.3 Å². The molecule has 20 heavy (non-hydrogen) atoms. The van der Waals surface area contributed by atoms with Crippen LogP contribution in [0.15, 0.2) is 46.9 Å². The van der Waals surface area contributed by atoms with E-state index in [2.05, 4.69) is 39.4 Å². The smallest absolute Gasteiger partial charge is 0.0439 e. The van der Waals surface area contributed by atoms with Gasteiger partial charge in [-0.25, -0.2) is 0 Å². The lowest BCUT2D eigenvalue weighted by atomic mass is 9.92. The molecule has 0 aromatic heterocycles. The summed E-state index contributed by atoms with van der Waals surface area (Å²) in [6.45, 7) is 0.880. The van der Waals surface area contributed by atoms with Crippen molar-refractivity contribution in [2.24, 2.45) is 0 Å². The maximum Gasteiger partial charge on any atom is 0.0439 e. The number of halogens is 3. The number of hydrogen-bond acceptors (Lipinski definition) is 1. The lowest BCUT2D eigenvalue weighted by Gasteiger charge is -2.19. The van der Waals surface area contributed by atoms with E-state index in [0.29, 0.717) is 5.92 Å². The Hall–Kier alpha value is -0.540. The Morgan fingerprint density at radius 2 is 1.90 bits per heavy atom. The fourth-order valence-corrected chi connectivity index (χ4v) is 3.31. The minimum absolute atomic E-state index is 0.339. The Morgan fingerprint density at radius 1 is 1.15 bits per heavy atom. The first-order valence-corrected chi connectivity index (χ1v) is 7.99. The van der Waals surface area contributed by atoms with Crippen LogP contribution in [-0.4, -0.2) is 13.6 Å². The fourth-order valence-electron chi connectivity index (χ4n) is 2.31. The molecular weight excluding hydrogens is 357 g/mol. The van der Waals surface area contributed by atoms with Gasteiger partial charge >= 0.3 is 0 Å². The van der Waals surface area contributed by atoms with Crippen molar-refractivity contribution in [3.63, 3.8) is 0 Å². The Morgan fingerprint density at radius 3 is 2.60 bits per heavy atom. The Kier molecular flexibility index (Phi) is 5.91. The van der Waals surface area contributed by atoms with Crippen molar-refractivity contribution in [2.45, 2.75) is 12.3 Å². The summed E-state index contributed by atoms with van der Waals surface area (Å²) in [5, 5.41) is 4.74. The summed E-state index contributed by atoms with van der Waals surface area (Å²) < 4.78 is 1.12. The third-order valence-electron chi connectivity index (χ3n) is 3.27. The molecule has 2 aromatic carbocycles. The third kappa shape index (κ3) is 3.98. The van der Waals surface area contributed by atoms with Crippen molar-refractivity contribution in [2.75, 3.05) is 13.6 Å². The van der Waals surface area contributed by atoms with Gasteiger partial charge in [-0.15, -0.1) is 0 Å². The van der Waals surface area contributed by atoms with Crippen LogP contribution in [0.5, 0.6) is 0 Å². The molecule has 1 N–H and O–H groups in total. The quantitative estimate of drug-likeness (QED) is 0.750. The molecule has 0 aliphatic heterocycles. The summed E-state index contributed by atoms with van der Waals surface area (Å²) in [6.07, 6.45) is 0.850. The molecule has 0 bridgehead atoms. The second kappa shape index (κ2) is 7.46. The molecule has 2 aromatic rings. The van der Waals surface area contributed by atoms with Crippen LogP contribution in [0, 0.1) is 0 Å². The highest BCUT2D eigenvalue weighted by Crippen LogP contribution is 2.30. The van der Waals surface area contributed by atoms with E-state index in [1.165, 1.54) is 5.56 Å². The lowest BCUT2D eigenvalue weighted by Crippen LogP contribution is -2.19. The molecule has 4 heteroatoms. The maximum atomic E-state index is 6.28. The number of likely N-dealkylation sites (N-methyl/N-ethyl adjacent to an activating group) is 1. The first kappa shape index (κ1) is 15.8. The summed E-state index contributed by atoms with van der Waals surface area (Å²) >= 11 is 16.0. The highest BCUT2D eigenvalue weighted by molar-refractivity contribution is 9.10. The number of rotatable bonds is 5. The molecule has 0 heterocycles. The standard InChI is InChI=1S/C16H16BrCl2N/c1-20-10-12(14-4-2-3-5-15(14)17)8-11-9-13(18)6-7-16(11)19/h2-7,9,12,20H,8,10H2,1H3. The van der Waals surface area contributed by atoms with Crippen molar-refractivity contribution in [3.05, 3.63) is 68.1 Å². The summed E-state index contributed by atoms with van der Waals surface area (Å²) in [5.74, 6) is 0.339. The number of nitrogens with one attached hydrogen (secondary N) is 1. The van der Waals surface area contributed by atoms with E-state index in [0.717, 1.165) is 33.0 Å². The summed E-state index contributed by atoms with van der Waals surface area (Å²) in [4.78, 5) is 0. The first-order valence-electron chi connectivity index (χ1n) is 6.44. The van der Waals surface area contributed by atoms with E-state index in [4.69, 9.17) is 23.2 Å². The zero-order valence-corrected chi connectivity index (χ0v) is 14.3. The monoisotopic (exact) mass is 371 g/mol. The van der Waals surface area contributed by atoms with Crippen molar-refractivity contribution < 1.29 is 0 Å². The highest BCUT2D eigenvalue weighted by atomic mass is 79.9.